The molecule has 0 spiro atoms. The molecule has 29 heavy (non-hydrogen) atoms. The molecule has 146 valence electrons. The van der Waals surface area contributed by atoms with Crippen LogP contribution in [0.1, 0.15) is 46.7 Å². The molecular formula is C22H21N5O2. The van der Waals surface area contributed by atoms with E-state index in [2.05, 4.69) is 16.2 Å². The molecule has 1 aromatic carbocycles. The van der Waals surface area contributed by atoms with E-state index in [4.69, 9.17) is 4.74 Å². The van der Waals surface area contributed by atoms with Crippen LogP contribution in [0.15, 0.2) is 42.7 Å². The molecule has 0 unspecified atom stereocenters. The summed E-state index contributed by atoms with van der Waals surface area (Å²) in [7, 11) is 0. The zero-order valence-electron chi connectivity index (χ0n) is 16.6. The Bertz CT molecular complexity index is 1100. The van der Waals surface area contributed by atoms with Crippen LogP contribution in [-0.4, -0.2) is 31.7 Å². The number of carbonyl (C=O) groups excluding carboxylic acids is 1. The van der Waals surface area contributed by atoms with Gasteiger partial charge >= 0.3 is 0 Å². The van der Waals surface area contributed by atoms with Crippen LogP contribution >= 0.6 is 0 Å². The number of hydrogen-bond donors (Lipinski definition) is 0. The standard InChI is InChI=1S/C22H21N5O2/c1-14(2)29-21-5-4-16(10-23)9-19(21)22(28)26-11-17-12-27(25-20(17)13-26)18-6-7-24-15(3)8-18/h4-9,12,14H,11,13H2,1-3H3. The first-order valence-corrected chi connectivity index (χ1v) is 9.45. The Hall–Kier alpha value is -3.66. The number of carbonyl (C=O) groups is 1. The van der Waals surface area contributed by atoms with Crippen LogP contribution in [0.5, 0.6) is 5.75 Å². The second-order valence-corrected chi connectivity index (χ2v) is 7.35. The molecule has 0 N–H and O–H groups in total. The topological polar surface area (TPSA) is 84.0 Å². The zero-order chi connectivity index (χ0) is 20.5. The molecule has 0 aliphatic carbocycles. The van der Waals surface area contributed by atoms with Crippen LogP contribution < -0.4 is 4.74 Å². The van der Waals surface area contributed by atoms with Gasteiger partial charge in [-0.2, -0.15) is 10.4 Å². The number of ether oxygens (including phenoxy) is 1. The van der Waals surface area contributed by atoms with Crippen LogP contribution in [0.3, 0.4) is 0 Å². The highest BCUT2D eigenvalue weighted by molar-refractivity contribution is 5.97. The molecule has 0 fully saturated rings. The van der Waals surface area contributed by atoms with Crippen molar-refractivity contribution in [1.29, 1.82) is 5.26 Å². The molecule has 7 heteroatoms. The highest BCUT2D eigenvalue weighted by Gasteiger charge is 2.29. The largest absolute Gasteiger partial charge is 0.490 e. The molecule has 4 rings (SSSR count). The van der Waals surface area contributed by atoms with Crippen molar-refractivity contribution in [1.82, 2.24) is 19.7 Å². The number of benzene rings is 1. The first-order chi connectivity index (χ1) is 13.9. The van der Waals surface area contributed by atoms with E-state index in [0.29, 0.717) is 30.0 Å². The lowest BCUT2D eigenvalue weighted by Crippen LogP contribution is -2.27. The van der Waals surface area contributed by atoms with Gasteiger partial charge in [-0.1, -0.05) is 0 Å². The van der Waals surface area contributed by atoms with Crippen LogP contribution in [0, 0.1) is 18.3 Å². The van der Waals surface area contributed by atoms with Crippen molar-refractivity contribution >= 4 is 5.91 Å². The van der Waals surface area contributed by atoms with Crippen LogP contribution in [0.2, 0.25) is 0 Å². The summed E-state index contributed by atoms with van der Waals surface area (Å²) in [5.74, 6) is 0.327. The Morgan fingerprint density at radius 2 is 2.07 bits per heavy atom. The average molecular weight is 387 g/mol. The number of nitrogens with zero attached hydrogens (tertiary/aromatic N) is 5. The van der Waals surface area contributed by atoms with Gasteiger partial charge in [-0.3, -0.25) is 9.78 Å². The Kier molecular flexibility index (Phi) is 4.77. The summed E-state index contributed by atoms with van der Waals surface area (Å²) in [6.45, 7) is 6.63. The minimum atomic E-state index is -0.165. The monoisotopic (exact) mass is 387 g/mol. The zero-order valence-corrected chi connectivity index (χ0v) is 16.6. The molecule has 3 aromatic rings. The molecule has 0 saturated carbocycles. The summed E-state index contributed by atoms with van der Waals surface area (Å²) >= 11 is 0. The molecule has 0 bridgehead atoms. The van der Waals surface area contributed by atoms with Crippen molar-refractivity contribution in [2.24, 2.45) is 0 Å². The predicted octanol–water partition coefficient (Wildman–Crippen LogP) is 3.39. The molecular weight excluding hydrogens is 366 g/mol. The Morgan fingerprint density at radius 3 is 2.76 bits per heavy atom. The lowest BCUT2D eigenvalue weighted by Gasteiger charge is -2.19. The minimum absolute atomic E-state index is 0.0723. The minimum Gasteiger partial charge on any atom is -0.490 e. The van der Waals surface area contributed by atoms with E-state index in [0.717, 1.165) is 22.6 Å². The van der Waals surface area contributed by atoms with Gasteiger partial charge in [0.25, 0.3) is 5.91 Å². The number of nitriles is 1. The fourth-order valence-corrected chi connectivity index (χ4v) is 3.40. The molecule has 0 saturated heterocycles. The predicted molar refractivity (Wildman–Crippen MR) is 107 cm³/mol. The third-order valence-corrected chi connectivity index (χ3v) is 4.71. The van der Waals surface area contributed by atoms with Gasteiger partial charge in [-0.15, -0.1) is 0 Å². The third kappa shape index (κ3) is 3.69. The van der Waals surface area contributed by atoms with Crippen molar-refractivity contribution in [3.8, 4) is 17.5 Å². The van der Waals surface area contributed by atoms with E-state index in [9.17, 15) is 10.1 Å². The van der Waals surface area contributed by atoms with Gasteiger partial charge in [-0.25, -0.2) is 4.68 Å². The van der Waals surface area contributed by atoms with Crippen LogP contribution in [-0.2, 0) is 13.1 Å². The third-order valence-electron chi connectivity index (χ3n) is 4.71. The Morgan fingerprint density at radius 1 is 1.24 bits per heavy atom. The number of amides is 1. The fourth-order valence-electron chi connectivity index (χ4n) is 3.40. The van der Waals surface area contributed by atoms with Crippen LogP contribution in [0.25, 0.3) is 5.69 Å². The number of pyridine rings is 1. The highest BCUT2D eigenvalue weighted by atomic mass is 16.5. The first kappa shape index (κ1) is 18.7. The van der Waals surface area contributed by atoms with Crippen molar-refractivity contribution in [3.05, 3.63) is 70.8 Å². The second-order valence-electron chi connectivity index (χ2n) is 7.35. The van der Waals surface area contributed by atoms with E-state index < -0.39 is 0 Å². The van der Waals surface area contributed by atoms with Gasteiger partial charge in [0, 0.05) is 30.2 Å². The number of hydrogen-bond acceptors (Lipinski definition) is 5. The summed E-state index contributed by atoms with van der Waals surface area (Å²) in [4.78, 5) is 19.1. The summed E-state index contributed by atoms with van der Waals surface area (Å²) in [6.07, 6.45) is 3.64. The van der Waals surface area contributed by atoms with Crippen molar-refractivity contribution in [2.75, 3.05) is 0 Å². The Balaban J connectivity index is 1.58. The molecule has 7 nitrogen and oxygen atoms in total. The van der Waals surface area contributed by atoms with E-state index in [1.165, 1.54) is 0 Å². The number of aryl methyl sites for hydroxylation is 1. The number of aromatic nitrogens is 3. The lowest BCUT2D eigenvalue weighted by molar-refractivity contribution is 0.0743. The number of rotatable bonds is 4. The normalized spacial score (nSPS) is 12.7. The van der Waals surface area contributed by atoms with E-state index >= 15 is 0 Å². The maximum Gasteiger partial charge on any atom is 0.258 e. The van der Waals surface area contributed by atoms with Crippen molar-refractivity contribution in [3.63, 3.8) is 0 Å². The maximum atomic E-state index is 13.2. The molecule has 2 aromatic heterocycles. The quantitative estimate of drug-likeness (QED) is 0.685. The van der Waals surface area contributed by atoms with Crippen molar-refractivity contribution in [2.45, 2.75) is 40.0 Å². The van der Waals surface area contributed by atoms with E-state index in [1.54, 1.807) is 29.3 Å². The fraction of sp³-hybridized carbons (Fsp3) is 0.273. The van der Waals surface area contributed by atoms with Gasteiger partial charge in [0.2, 0.25) is 0 Å². The smallest absolute Gasteiger partial charge is 0.258 e. The van der Waals surface area contributed by atoms with Gasteiger partial charge in [0.1, 0.15) is 5.75 Å². The SMILES string of the molecule is Cc1cc(-n2cc3c(n2)CN(C(=O)c2cc(C#N)ccc2OC(C)C)C3)ccn1. The van der Waals surface area contributed by atoms with Gasteiger partial charge in [0.05, 0.1) is 41.2 Å². The molecule has 0 atom stereocenters. The molecule has 0 radical (unpaired) electrons. The van der Waals surface area contributed by atoms with Gasteiger partial charge in [-0.05, 0) is 51.1 Å². The summed E-state index contributed by atoms with van der Waals surface area (Å²) < 4.78 is 7.61. The maximum absolute atomic E-state index is 13.2. The summed E-state index contributed by atoms with van der Waals surface area (Å²) in [5, 5.41) is 13.9. The van der Waals surface area contributed by atoms with Crippen molar-refractivity contribution < 1.29 is 9.53 Å². The average Bonchev–Trinajstić information content (AvgIpc) is 3.26. The summed E-state index contributed by atoms with van der Waals surface area (Å²) in [6, 6.07) is 10.9. The first-order valence-electron chi connectivity index (χ1n) is 9.45. The molecule has 1 amide bonds. The number of fused-ring (bicyclic) bond motifs is 1. The highest BCUT2D eigenvalue weighted by Crippen LogP contribution is 2.28. The molecule has 1 aliphatic heterocycles. The van der Waals surface area contributed by atoms with E-state index in [-0.39, 0.29) is 12.0 Å². The van der Waals surface area contributed by atoms with Gasteiger partial charge < -0.3 is 9.64 Å². The second kappa shape index (κ2) is 7.40. The summed E-state index contributed by atoms with van der Waals surface area (Å²) in [5.41, 5.74) is 4.58. The van der Waals surface area contributed by atoms with E-state index in [1.807, 2.05) is 43.8 Å². The van der Waals surface area contributed by atoms with Crippen LogP contribution in [0.4, 0.5) is 0 Å². The Labute approximate surface area is 169 Å². The lowest BCUT2D eigenvalue weighted by atomic mass is 10.1. The molecule has 1 aliphatic rings. The molecule has 3 heterocycles. The van der Waals surface area contributed by atoms with Gasteiger partial charge in [0.15, 0.2) is 0 Å².